The summed E-state index contributed by atoms with van der Waals surface area (Å²) in [5, 5.41) is 6.75. The lowest BCUT2D eigenvalue weighted by atomic mass is 10.0. The van der Waals surface area contributed by atoms with Crippen LogP contribution in [0.15, 0.2) is 65.9 Å². The maximum absolute atomic E-state index is 4.59. The fraction of sp³-hybridized carbons (Fsp3) is 0.0952. The molecule has 0 aliphatic rings. The van der Waals surface area contributed by atoms with E-state index in [1.807, 2.05) is 11.6 Å². The molecule has 0 fully saturated rings. The van der Waals surface area contributed by atoms with Gasteiger partial charge in [-0.15, -0.1) is 11.3 Å². The first-order chi connectivity index (χ1) is 13.3. The first-order valence-corrected chi connectivity index (χ1v) is 9.63. The van der Waals surface area contributed by atoms with Crippen LogP contribution in [0.1, 0.15) is 5.69 Å². The third kappa shape index (κ3) is 2.94. The fourth-order valence-corrected chi connectivity index (χ4v) is 3.90. The van der Waals surface area contributed by atoms with Crippen LogP contribution in [0.2, 0.25) is 0 Å². The molecule has 2 aromatic carbocycles. The van der Waals surface area contributed by atoms with Crippen LogP contribution < -0.4 is 5.32 Å². The van der Waals surface area contributed by atoms with Crippen LogP contribution in [0.5, 0.6) is 0 Å². The quantitative estimate of drug-likeness (QED) is 0.490. The second-order valence-electron chi connectivity index (χ2n) is 6.48. The predicted molar refractivity (Wildman–Crippen MR) is 111 cm³/mol. The third-order valence-electron chi connectivity index (χ3n) is 4.73. The molecular formula is C21H17N5S. The van der Waals surface area contributed by atoms with E-state index in [1.165, 1.54) is 10.9 Å². The average molecular weight is 371 g/mol. The minimum Gasteiger partial charge on any atom is -0.379 e. The van der Waals surface area contributed by atoms with Gasteiger partial charge < -0.3 is 9.88 Å². The number of nitrogens with one attached hydrogen (secondary N) is 1. The van der Waals surface area contributed by atoms with Crippen LogP contribution in [-0.4, -0.2) is 19.5 Å². The highest BCUT2D eigenvalue weighted by molar-refractivity contribution is 7.07. The van der Waals surface area contributed by atoms with Crippen LogP contribution in [0.4, 0.5) is 5.69 Å². The molecule has 0 aliphatic heterocycles. The molecule has 5 aromatic rings. The minimum absolute atomic E-state index is 0.686. The molecule has 3 aromatic heterocycles. The van der Waals surface area contributed by atoms with Crippen molar-refractivity contribution in [3.05, 3.63) is 71.6 Å². The Hall–Kier alpha value is -3.25. The molecule has 0 amide bonds. The largest absolute Gasteiger partial charge is 0.379 e. The van der Waals surface area contributed by atoms with E-state index in [0.717, 1.165) is 33.5 Å². The standard InChI is InChI=1S/C21H17N5S/c1-26-7-4-14-2-3-15(8-20(14)26)18-9-16(24-11-17-12-27-13-25-17)10-19-21(18)23-6-5-22-19/h2-10,12-13,24H,11H2,1H3. The summed E-state index contributed by atoms with van der Waals surface area (Å²) in [7, 11) is 2.07. The monoisotopic (exact) mass is 371 g/mol. The zero-order valence-corrected chi connectivity index (χ0v) is 15.6. The number of rotatable bonds is 4. The molecular weight excluding hydrogens is 354 g/mol. The van der Waals surface area contributed by atoms with Gasteiger partial charge >= 0.3 is 0 Å². The zero-order chi connectivity index (χ0) is 18.2. The zero-order valence-electron chi connectivity index (χ0n) is 14.8. The normalized spacial score (nSPS) is 11.3. The SMILES string of the molecule is Cn1ccc2ccc(-c3cc(NCc4cscn4)cc4nccnc34)cc21. The molecule has 0 aliphatic carbocycles. The van der Waals surface area contributed by atoms with Crippen LogP contribution in [-0.2, 0) is 13.6 Å². The lowest BCUT2D eigenvalue weighted by Gasteiger charge is -2.11. The molecule has 5 rings (SSSR count). The van der Waals surface area contributed by atoms with Gasteiger partial charge in [0.25, 0.3) is 0 Å². The number of aryl methyl sites for hydroxylation is 1. The molecule has 0 radical (unpaired) electrons. The van der Waals surface area contributed by atoms with Crippen molar-refractivity contribution >= 4 is 39.0 Å². The van der Waals surface area contributed by atoms with E-state index in [1.54, 1.807) is 23.7 Å². The molecule has 0 spiro atoms. The first kappa shape index (κ1) is 16.0. The second-order valence-corrected chi connectivity index (χ2v) is 7.20. The summed E-state index contributed by atoms with van der Waals surface area (Å²) in [6, 6.07) is 12.8. The summed E-state index contributed by atoms with van der Waals surface area (Å²) < 4.78 is 2.14. The summed E-state index contributed by atoms with van der Waals surface area (Å²) in [5.74, 6) is 0. The van der Waals surface area contributed by atoms with Crippen molar-refractivity contribution in [1.82, 2.24) is 19.5 Å². The smallest absolute Gasteiger partial charge is 0.0966 e. The van der Waals surface area contributed by atoms with Crippen LogP contribution in [0.3, 0.4) is 0 Å². The molecule has 1 N–H and O–H groups in total. The van der Waals surface area contributed by atoms with Crippen molar-refractivity contribution < 1.29 is 0 Å². The maximum atomic E-state index is 4.59. The van der Waals surface area contributed by atoms with Crippen molar-refractivity contribution in [3.63, 3.8) is 0 Å². The van der Waals surface area contributed by atoms with Gasteiger partial charge in [-0.05, 0) is 35.2 Å². The van der Waals surface area contributed by atoms with Crippen molar-refractivity contribution in [2.45, 2.75) is 6.54 Å². The molecule has 132 valence electrons. The van der Waals surface area contributed by atoms with Gasteiger partial charge in [-0.25, -0.2) is 4.98 Å². The molecule has 0 saturated carbocycles. The Balaban J connectivity index is 1.63. The molecule has 6 heteroatoms. The van der Waals surface area contributed by atoms with Gasteiger partial charge in [0.2, 0.25) is 0 Å². The number of hydrogen-bond acceptors (Lipinski definition) is 5. The third-order valence-corrected chi connectivity index (χ3v) is 5.37. The highest BCUT2D eigenvalue weighted by Crippen LogP contribution is 2.32. The number of aromatic nitrogens is 4. The van der Waals surface area contributed by atoms with Crippen molar-refractivity contribution in [2.24, 2.45) is 7.05 Å². The number of anilines is 1. The Kier molecular flexibility index (Phi) is 3.83. The van der Waals surface area contributed by atoms with E-state index in [4.69, 9.17) is 0 Å². The van der Waals surface area contributed by atoms with Crippen molar-refractivity contribution in [1.29, 1.82) is 0 Å². The van der Waals surface area contributed by atoms with E-state index >= 15 is 0 Å². The van der Waals surface area contributed by atoms with Crippen LogP contribution in [0.25, 0.3) is 33.1 Å². The summed E-state index contributed by atoms with van der Waals surface area (Å²) >= 11 is 1.60. The van der Waals surface area contributed by atoms with Gasteiger partial charge in [0, 0.05) is 47.8 Å². The Bertz CT molecular complexity index is 1240. The molecule has 5 nitrogen and oxygen atoms in total. The van der Waals surface area contributed by atoms with Gasteiger partial charge in [-0.3, -0.25) is 9.97 Å². The highest BCUT2D eigenvalue weighted by Gasteiger charge is 2.10. The van der Waals surface area contributed by atoms with Crippen LogP contribution in [0, 0.1) is 0 Å². The molecule has 0 bridgehead atoms. The Morgan fingerprint density at radius 1 is 1.04 bits per heavy atom. The van der Waals surface area contributed by atoms with Gasteiger partial charge in [0.1, 0.15) is 0 Å². The Morgan fingerprint density at radius 2 is 1.96 bits per heavy atom. The second kappa shape index (κ2) is 6.48. The van der Waals surface area contributed by atoms with E-state index in [-0.39, 0.29) is 0 Å². The number of benzene rings is 2. The molecule has 0 unspecified atom stereocenters. The van der Waals surface area contributed by atoms with Gasteiger partial charge in [0.05, 0.1) is 28.8 Å². The van der Waals surface area contributed by atoms with E-state index < -0.39 is 0 Å². The number of hydrogen-bond donors (Lipinski definition) is 1. The number of nitrogens with zero attached hydrogens (tertiary/aromatic N) is 4. The van der Waals surface area contributed by atoms with Gasteiger partial charge in [0.15, 0.2) is 0 Å². The van der Waals surface area contributed by atoms with Crippen molar-refractivity contribution in [2.75, 3.05) is 5.32 Å². The lowest BCUT2D eigenvalue weighted by molar-refractivity contribution is 0.969. The minimum atomic E-state index is 0.686. The summed E-state index contributed by atoms with van der Waals surface area (Å²) in [6.07, 6.45) is 5.56. The maximum Gasteiger partial charge on any atom is 0.0966 e. The Labute approximate surface area is 160 Å². The molecule has 0 saturated heterocycles. The number of fused-ring (bicyclic) bond motifs is 2. The average Bonchev–Trinajstić information content (AvgIpc) is 3.35. The van der Waals surface area contributed by atoms with Crippen LogP contribution >= 0.6 is 11.3 Å². The molecule has 27 heavy (non-hydrogen) atoms. The predicted octanol–water partition coefficient (Wildman–Crippen LogP) is 4.86. The lowest BCUT2D eigenvalue weighted by Crippen LogP contribution is -2.00. The molecule has 0 atom stereocenters. The van der Waals surface area contributed by atoms with E-state index in [9.17, 15) is 0 Å². The summed E-state index contributed by atoms with van der Waals surface area (Å²) in [5.41, 5.74) is 9.09. The highest BCUT2D eigenvalue weighted by atomic mass is 32.1. The van der Waals surface area contributed by atoms with Gasteiger partial charge in [-0.1, -0.05) is 12.1 Å². The number of thiazole rings is 1. The summed E-state index contributed by atoms with van der Waals surface area (Å²) in [6.45, 7) is 0.686. The van der Waals surface area contributed by atoms with Gasteiger partial charge in [-0.2, -0.15) is 0 Å². The fourth-order valence-electron chi connectivity index (χ4n) is 3.34. The molecule has 3 heterocycles. The van der Waals surface area contributed by atoms with Crippen molar-refractivity contribution in [3.8, 4) is 11.1 Å². The van der Waals surface area contributed by atoms with E-state index in [2.05, 4.69) is 73.8 Å². The summed E-state index contributed by atoms with van der Waals surface area (Å²) in [4.78, 5) is 13.5. The Morgan fingerprint density at radius 3 is 2.85 bits per heavy atom. The topological polar surface area (TPSA) is 55.6 Å². The first-order valence-electron chi connectivity index (χ1n) is 8.69. The van der Waals surface area contributed by atoms with E-state index in [0.29, 0.717) is 6.54 Å².